The maximum absolute atomic E-state index is 12.3. The third-order valence-corrected chi connectivity index (χ3v) is 6.33. The van der Waals surface area contributed by atoms with Gasteiger partial charge in [0.15, 0.2) is 11.2 Å². The Balaban J connectivity index is 0.000000553. The van der Waals surface area contributed by atoms with Gasteiger partial charge in [-0.1, -0.05) is 0 Å². The molecule has 23 heteroatoms. The second-order valence-corrected chi connectivity index (χ2v) is 10.5. The van der Waals surface area contributed by atoms with Gasteiger partial charge >= 0.3 is 29.8 Å². The van der Waals surface area contributed by atoms with Crippen LogP contribution in [0.2, 0.25) is 0 Å². The van der Waals surface area contributed by atoms with Crippen LogP contribution in [0, 0.1) is 0 Å². The van der Waals surface area contributed by atoms with Crippen molar-refractivity contribution in [1.82, 2.24) is 25.3 Å². The van der Waals surface area contributed by atoms with E-state index >= 15 is 0 Å². The molecule has 0 spiro atoms. The molecule has 23 nitrogen and oxygen atoms in total. The second-order valence-electron chi connectivity index (χ2n) is 10.5. The van der Waals surface area contributed by atoms with Gasteiger partial charge in [0.2, 0.25) is 17.7 Å². The average Bonchev–Trinajstić information content (AvgIpc) is 3.07. The van der Waals surface area contributed by atoms with Crippen molar-refractivity contribution in [2.24, 2.45) is 17.2 Å². The first-order valence-electron chi connectivity index (χ1n) is 14.8. The summed E-state index contributed by atoms with van der Waals surface area (Å²) < 4.78 is 0. The number of nitrogens with zero attached hydrogens (tertiary/aromatic N) is 4. The number of aromatic nitrogens is 4. The van der Waals surface area contributed by atoms with Crippen LogP contribution in [0.3, 0.4) is 0 Å². The first-order chi connectivity index (χ1) is 24.3. The van der Waals surface area contributed by atoms with Crippen LogP contribution < -0.4 is 33.6 Å². The van der Waals surface area contributed by atoms with Crippen molar-refractivity contribution in [1.29, 1.82) is 0 Å². The molecular formula is C29H38N10O13. The summed E-state index contributed by atoms with van der Waals surface area (Å²) in [5.74, 6) is -7.42. The molecule has 0 bridgehead atoms. The van der Waals surface area contributed by atoms with Gasteiger partial charge in [0.25, 0.3) is 5.91 Å². The van der Waals surface area contributed by atoms with Crippen LogP contribution in [-0.2, 0) is 35.3 Å². The Labute approximate surface area is 293 Å². The molecule has 0 saturated carbocycles. The number of aliphatic carboxylic acids is 5. The first-order valence-corrected chi connectivity index (χ1v) is 14.8. The van der Waals surface area contributed by atoms with E-state index in [1.54, 1.807) is 12.1 Å². The first kappa shape index (κ1) is 43.3. The third-order valence-electron chi connectivity index (χ3n) is 6.33. The third kappa shape index (κ3) is 16.6. The highest BCUT2D eigenvalue weighted by Crippen LogP contribution is 2.19. The number of nitrogens with one attached hydrogen (secondary N) is 2. The van der Waals surface area contributed by atoms with Gasteiger partial charge < -0.3 is 64.2 Å². The van der Waals surface area contributed by atoms with Gasteiger partial charge in [-0.3, -0.25) is 28.8 Å². The number of nitrogens with two attached hydrogens (primary N) is 4. The predicted molar refractivity (Wildman–Crippen MR) is 177 cm³/mol. The summed E-state index contributed by atoms with van der Waals surface area (Å²) in [5.41, 5.74) is 21.9. The zero-order valence-corrected chi connectivity index (χ0v) is 27.2. The van der Waals surface area contributed by atoms with Crippen molar-refractivity contribution in [3.63, 3.8) is 0 Å². The van der Waals surface area contributed by atoms with Gasteiger partial charge in [-0.15, -0.1) is 0 Å². The molecule has 0 aliphatic carbocycles. The molecular weight excluding hydrogens is 696 g/mol. The van der Waals surface area contributed by atoms with Crippen molar-refractivity contribution in [3.8, 4) is 5.88 Å². The Morgan fingerprint density at radius 2 is 1.27 bits per heavy atom. The standard InChI is InChI=1S/C19H19N7O6.C5H10N2O3.C5H9NO4/c20-19-25-15-14(17(30)26-19)23-11(8-22-15)7-21-10-3-1-9(2-4-10)16(29)24-12(18(31)32)5-6-13(27)28;2*6-3(5(9)10)1-2-4(7)8/h1-4,8,12,21H,5-7H2,(H,24,29)(H,27,28)(H,31,32)(H3,20,22,25,26,30);3H,1-2,6H2,(H2,7,8)(H,9,10);3H,1-2,6H2,(H,7,8)(H,9,10)/t;2*3-/m.00/s1. The number of carboxylic acid groups (broad SMARTS) is 5. The minimum atomic E-state index is -1.31. The van der Waals surface area contributed by atoms with E-state index in [-0.39, 0.29) is 73.6 Å². The van der Waals surface area contributed by atoms with E-state index in [2.05, 4.69) is 30.6 Å². The van der Waals surface area contributed by atoms with Gasteiger partial charge in [-0.25, -0.2) is 14.8 Å². The summed E-state index contributed by atoms with van der Waals surface area (Å²) in [7, 11) is 0. The van der Waals surface area contributed by atoms with Crippen LogP contribution in [0.5, 0.6) is 5.88 Å². The number of benzene rings is 1. The van der Waals surface area contributed by atoms with Gasteiger partial charge in [0, 0.05) is 30.5 Å². The number of fused-ring (bicyclic) bond motifs is 1. The number of carbonyl (C=O) groups excluding carboxylic acids is 2. The van der Waals surface area contributed by atoms with Crippen LogP contribution >= 0.6 is 0 Å². The number of aromatic hydroxyl groups is 1. The molecule has 2 heterocycles. The number of hydrogen-bond donors (Lipinski definition) is 12. The largest absolute Gasteiger partial charge is 0.492 e. The number of nitrogen functional groups attached to an aromatic ring is 1. The van der Waals surface area contributed by atoms with E-state index in [1.807, 2.05) is 0 Å². The molecule has 16 N–H and O–H groups in total. The van der Waals surface area contributed by atoms with Crippen molar-refractivity contribution < 1.29 is 64.2 Å². The summed E-state index contributed by atoms with van der Waals surface area (Å²) in [5, 5.41) is 57.5. The summed E-state index contributed by atoms with van der Waals surface area (Å²) in [6.45, 7) is 0.245. The maximum atomic E-state index is 12.3. The molecule has 3 rings (SSSR count). The molecule has 0 aliphatic heterocycles. The van der Waals surface area contributed by atoms with E-state index in [9.17, 15) is 38.7 Å². The molecule has 282 valence electrons. The van der Waals surface area contributed by atoms with Crippen LogP contribution in [-0.4, -0.2) is 110 Å². The molecule has 0 radical (unpaired) electrons. The van der Waals surface area contributed by atoms with E-state index in [0.29, 0.717) is 11.4 Å². The molecule has 2 amide bonds. The molecule has 1 aromatic carbocycles. The lowest BCUT2D eigenvalue weighted by Crippen LogP contribution is -2.41. The lowest BCUT2D eigenvalue weighted by molar-refractivity contribution is -0.142. The summed E-state index contributed by atoms with van der Waals surface area (Å²) in [6.07, 6.45) is 0.757. The SMILES string of the molecule is NC(=O)CC[C@H](N)C(=O)O.N[C@@H](CCC(=O)O)C(=O)O.Nc1nc(O)c2nc(CNc3ccc(C(=O)NC(CCC(=O)O)C(=O)O)cc3)cnc2n1. The Kier molecular flexibility index (Phi) is 17.8. The number of carbonyl (C=O) groups is 7. The molecule has 0 saturated heterocycles. The van der Waals surface area contributed by atoms with Crippen molar-refractivity contribution in [2.75, 3.05) is 11.1 Å². The van der Waals surface area contributed by atoms with E-state index in [1.165, 1.54) is 18.3 Å². The molecule has 0 fully saturated rings. The maximum Gasteiger partial charge on any atom is 0.326 e. The zero-order valence-electron chi connectivity index (χ0n) is 27.2. The minimum Gasteiger partial charge on any atom is -0.492 e. The zero-order chi connectivity index (χ0) is 39.5. The quantitative estimate of drug-likeness (QED) is 0.0734. The van der Waals surface area contributed by atoms with Crippen molar-refractivity contribution in [2.45, 2.75) is 63.2 Å². The van der Waals surface area contributed by atoms with Crippen LogP contribution in [0.1, 0.15) is 54.6 Å². The summed E-state index contributed by atoms with van der Waals surface area (Å²) in [4.78, 5) is 90.0. The number of carboxylic acids is 5. The highest BCUT2D eigenvalue weighted by molar-refractivity contribution is 5.97. The molecule has 1 unspecified atom stereocenters. The predicted octanol–water partition coefficient (Wildman–Crippen LogP) is -1.71. The van der Waals surface area contributed by atoms with Gasteiger partial charge in [-0.2, -0.15) is 9.97 Å². The molecule has 3 aromatic rings. The lowest BCUT2D eigenvalue weighted by Gasteiger charge is -2.14. The van der Waals surface area contributed by atoms with Crippen LogP contribution in [0.25, 0.3) is 11.2 Å². The number of amides is 2. The fourth-order valence-corrected chi connectivity index (χ4v) is 3.55. The van der Waals surface area contributed by atoms with E-state index in [4.69, 9.17) is 48.5 Å². The van der Waals surface area contributed by atoms with Gasteiger partial charge in [0.05, 0.1) is 18.4 Å². The van der Waals surface area contributed by atoms with Crippen molar-refractivity contribution in [3.05, 3.63) is 41.7 Å². The number of hydrogen-bond acceptors (Lipinski definition) is 16. The number of anilines is 2. The highest BCUT2D eigenvalue weighted by Gasteiger charge is 2.21. The average molecular weight is 735 g/mol. The van der Waals surface area contributed by atoms with Gasteiger partial charge in [-0.05, 0) is 43.5 Å². The van der Waals surface area contributed by atoms with Crippen LogP contribution in [0.15, 0.2) is 30.5 Å². The summed E-state index contributed by atoms with van der Waals surface area (Å²) in [6, 6.07) is 2.85. The normalized spacial score (nSPS) is 12.0. The second kappa shape index (κ2) is 21.4. The lowest BCUT2D eigenvalue weighted by atomic mass is 10.1. The van der Waals surface area contributed by atoms with Gasteiger partial charge in [0.1, 0.15) is 18.1 Å². The van der Waals surface area contributed by atoms with Crippen molar-refractivity contribution >= 4 is 64.5 Å². The Hall–Kier alpha value is -6.75. The Morgan fingerprint density at radius 3 is 1.77 bits per heavy atom. The fraction of sp³-hybridized carbons (Fsp3) is 0.345. The number of rotatable bonds is 17. The topological polar surface area (TPSA) is 421 Å². The molecule has 52 heavy (non-hydrogen) atoms. The molecule has 3 atom stereocenters. The van der Waals surface area contributed by atoms with E-state index < -0.39 is 59.8 Å². The minimum absolute atomic E-state index is 0.0213. The molecule has 0 aliphatic rings. The monoisotopic (exact) mass is 734 g/mol. The Morgan fingerprint density at radius 1 is 0.731 bits per heavy atom. The molecule has 2 aromatic heterocycles. The van der Waals surface area contributed by atoms with E-state index in [0.717, 1.165) is 0 Å². The van der Waals surface area contributed by atoms with Crippen LogP contribution in [0.4, 0.5) is 11.6 Å². The Bertz CT molecular complexity index is 1710. The number of primary amides is 1. The summed E-state index contributed by atoms with van der Waals surface area (Å²) >= 11 is 0. The highest BCUT2D eigenvalue weighted by atomic mass is 16.4. The fourth-order valence-electron chi connectivity index (χ4n) is 3.55. The smallest absolute Gasteiger partial charge is 0.326 e.